The fourth-order valence-corrected chi connectivity index (χ4v) is 2.14. The Kier molecular flexibility index (Phi) is 5.05. The summed E-state index contributed by atoms with van der Waals surface area (Å²) in [5.41, 5.74) is 0.936. The fourth-order valence-electron chi connectivity index (χ4n) is 2.14. The average Bonchev–Trinajstić information content (AvgIpc) is 2.88. The molecule has 2 unspecified atom stereocenters. The zero-order valence-corrected chi connectivity index (χ0v) is 12.0. The Balaban J connectivity index is 2.09. The van der Waals surface area contributed by atoms with Crippen LogP contribution in [-0.4, -0.2) is 28.3 Å². The zero-order valence-electron chi connectivity index (χ0n) is 12.0. The highest BCUT2D eigenvalue weighted by atomic mass is 16.5. The Hall–Kier alpha value is -2.21. The van der Waals surface area contributed by atoms with Gasteiger partial charge in [-0.3, -0.25) is 4.79 Å². The molecule has 1 aromatic heterocycles. The monoisotopic (exact) mass is 290 g/mol. The lowest BCUT2D eigenvalue weighted by Gasteiger charge is -2.10. The normalized spacial score (nSPS) is 13.8. The smallest absolute Gasteiger partial charge is 0.303 e. The van der Waals surface area contributed by atoms with Crippen LogP contribution >= 0.6 is 0 Å². The van der Waals surface area contributed by atoms with Crippen LogP contribution in [0.5, 0.6) is 0 Å². The summed E-state index contributed by atoms with van der Waals surface area (Å²) in [4.78, 5) is 15.0. The van der Waals surface area contributed by atoms with Gasteiger partial charge in [0.05, 0.1) is 0 Å². The summed E-state index contributed by atoms with van der Waals surface area (Å²) in [5.74, 6) is -0.0206. The lowest BCUT2D eigenvalue weighted by Crippen LogP contribution is -2.08. The molecule has 1 aromatic carbocycles. The van der Waals surface area contributed by atoms with Crippen molar-refractivity contribution in [1.82, 2.24) is 10.1 Å². The third kappa shape index (κ3) is 4.13. The molecule has 0 saturated heterocycles. The van der Waals surface area contributed by atoms with Gasteiger partial charge in [-0.1, -0.05) is 42.4 Å². The minimum atomic E-state index is -0.832. The molecule has 112 valence electrons. The number of aromatic nitrogens is 2. The second-order valence-electron chi connectivity index (χ2n) is 4.98. The van der Waals surface area contributed by atoms with Gasteiger partial charge >= 0.3 is 5.97 Å². The Bertz CT molecular complexity index is 582. The van der Waals surface area contributed by atoms with Crippen LogP contribution in [0.25, 0.3) is 0 Å². The molecule has 1 N–H and O–H groups in total. The molecule has 0 saturated carbocycles. The van der Waals surface area contributed by atoms with Gasteiger partial charge in [0.25, 0.3) is 0 Å². The van der Waals surface area contributed by atoms with Crippen molar-refractivity contribution in [3.8, 4) is 0 Å². The molecule has 2 rings (SSSR count). The van der Waals surface area contributed by atoms with Crippen LogP contribution in [0.4, 0.5) is 0 Å². The number of carboxylic acid groups (broad SMARTS) is 1. The van der Waals surface area contributed by atoms with E-state index in [1.54, 1.807) is 7.11 Å². The van der Waals surface area contributed by atoms with E-state index in [0.717, 1.165) is 5.56 Å². The van der Waals surface area contributed by atoms with Gasteiger partial charge in [-0.15, -0.1) is 0 Å². The molecule has 1 heterocycles. The first-order valence-corrected chi connectivity index (χ1v) is 6.72. The standard InChI is InChI=1S/C15H18N2O4/c1-10(9-13(18)19)8-12-16-15(17-21-12)14(20-2)11-6-4-3-5-7-11/h3-7,10,14H,8-9H2,1-2H3,(H,18,19). The predicted molar refractivity (Wildman–Crippen MR) is 74.7 cm³/mol. The molecule has 0 aliphatic carbocycles. The number of benzene rings is 1. The van der Waals surface area contributed by atoms with E-state index in [9.17, 15) is 4.79 Å². The van der Waals surface area contributed by atoms with Crippen LogP contribution in [0.1, 0.15) is 36.7 Å². The molecule has 0 aliphatic rings. The van der Waals surface area contributed by atoms with Crippen LogP contribution in [0.2, 0.25) is 0 Å². The van der Waals surface area contributed by atoms with E-state index >= 15 is 0 Å². The number of hydrogen-bond donors (Lipinski definition) is 1. The Labute approximate surface area is 122 Å². The van der Waals surface area contributed by atoms with Crippen molar-refractivity contribution >= 4 is 5.97 Å². The van der Waals surface area contributed by atoms with Gasteiger partial charge in [-0.2, -0.15) is 4.98 Å². The zero-order chi connectivity index (χ0) is 15.2. The largest absolute Gasteiger partial charge is 0.481 e. The van der Waals surface area contributed by atoms with E-state index in [-0.39, 0.29) is 12.3 Å². The minimum Gasteiger partial charge on any atom is -0.481 e. The first-order valence-electron chi connectivity index (χ1n) is 6.72. The number of hydrogen-bond acceptors (Lipinski definition) is 5. The van der Waals surface area contributed by atoms with Gasteiger partial charge in [0.1, 0.15) is 6.10 Å². The predicted octanol–water partition coefficient (Wildman–Crippen LogP) is 2.46. The summed E-state index contributed by atoms with van der Waals surface area (Å²) in [7, 11) is 1.58. The third-order valence-electron chi connectivity index (χ3n) is 3.10. The summed E-state index contributed by atoms with van der Waals surface area (Å²) in [5, 5.41) is 12.7. The fraction of sp³-hybridized carbons (Fsp3) is 0.400. The van der Waals surface area contributed by atoms with Gasteiger partial charge in [-0.25, -0.2) is 0 Å². The summed E-state index contributed by atoms with van der Waals surface area (Å²) >= 11 is 0. The van der Waals surface area contributed by atoms with Gasteiger partial charge in [0.15, 0.2) is 0 Å². The number of rotatable bonds is 7. The van der Waals surface area contributed by atoms with E-state index in [2.05, 4.69) is 10.1 Å². The molecule has 0 aliphatic heterocycles. The number of carboxylic acids is 1. The lowest BCUT2D eigenvalue weighted by molar-refractivity contribution is -0.137. The van der Waals surface area contributed by atoms with Crippen molar-refractivity contribution < 1.29 is 19.2 Å². The van der Waals surface area contributed by atoms with Crippen molar-refractivity contribution in [2.75, 3.05) is 7.11 Å². The van der Waals surface area contributed by atoms with Gasteiger partial charge in [0.2, 0.25) is 11.7 Å². The van der Waals surface area contributed by atoms with E-state index in [4.69, 9.17) is 14.4 Å². The molecule has 0 fully saturated rings. The van der Waals surface area contributed by atoms with Gasteiger partial charge in [-0.05, 0) is 11.5 Å². The molecule has 2 atom stereocenters. The molecule has 21 heavy (non-hydrogen) atoms. The number of aliphatic carboxylic acids is 1. The number of carbonyl (C=O) groups is 1. The highest BCUT2D eigenvalue weighted by molar-refractivity contribution is 5.66. The van der Waals surface area contributed by atoms with Crippen LogP contribution in [-0.2, 0) is 16.0 Å². The van der Waals surface area contributed by atoms with Crippen molar-refractivity contribution in [3.05, 3.63) is 47.6 Å². The summed E-state index contributed by atoms with van der Waals surface area (Å²) in [6, 6.07) is 9.61. The molecular weight excluding hydrogens is 272 g/mol. The molecule has 0 bridgehead atoms. The Morgan fingerprint density at radius 2 is 2.10 bits per heavy atom. The van der Waals surface area contributed by atoms with E-state index < -0.39 is 12.1 Å². The van der Waals surface area contributed by atoms with Crippen molar-refractivity contribution in [3.63, 3.8) is 0 Å². The van der Waals surface area contributed by atoms with Crippen molar-refractivity contribution in [1.29, 1.82) is 0 Å². The molecule has 6 heteroatoms. The molecule has 2 aromatic rings. The summed E-state index contributed by atoms with van der Waals surface area (Å²) in [6.45, 7) is 1.84. The van der Waals surface area contributed by atoms with Gasteiger partial charge < -0.3 is 14.4 Å². The van der Waals surface area contributed by atoms with Crippen molar-refractivity contribution in [2.24, 2.45) is 5.92 Å². The quantitative estimate of drug-likeness (QED) is 0.843. The maximum absolute atomic E-state index is 10.7. The molecule has 0 radical (unpaired) electrons. The van der Waals surface area contributed by atoms with Crippen molar-refractivity contribution in [2.45, 2.75) is 25.9 Å². The van der Waals surface area contributed by atoms with Gasteiger partial charge in [0, 0.05) is 20.0 Å². The lowest BCUT2D eigenvalue weighted by atomic mass is 10.0. The minimum absolute atomic E-state index is 0.0616. The highest BCUT2D eigenvalue weighted by Crippen LogP contribution is 2.23. The maximum Gasteiger partial charge on any atom is 0.303 e. The Morgan fingerprint density at radius 1 is 1.38 bits per heavy atom. The molecule has 0 spiro atoms. The topological polar surface area (TPSA) is 85.5 Å². The van der Waals surface area contributed by atoms with E-state index in [1.165, 1.54) is 0 Å². The highest BCUT2D eigenvalue weighted by Gasteiger charge is 2.21. The van der Waals surface area contributed by atoms with Crippen LogP contribution < -0.4 is 0 Å². The number of methoxy groups -OCH3 is 1. The number of ether oxygens (including phenoxy) is 1. The van der Waals surface area contributed by atoms with E-state index in [0.29, 0.717) is 18.1 Å². The first kappa shape index (κ1) is 15.2. The van der Waals surface area contributed by atoms with E-state index in [1.807, 2.05) is 37.3 Å². The third-order valence-corrected chi connectivity index (χ3v) is 3.10. The van der Waals surface area contributed by atoms with Crippen LogP contribution in [0.15, 0.2) is 34.9 Å². The maximum atomic E-state index is 10.7. The second kappa shape index (κ2) is 6.99. The SMILES string of the molecule is COC(c1ccccc1)c1noc(CC(C)CC(=O)O)n1. The van der Waals surface area contributed by atoms with Crippen LogP contribution in [0.3, 0.4) is 0 Å². The summed E-state index contributed by atoms with van der Waals surface area (Å²) < 4.78 is 10.6. The number of nitrogens with zero attached hydrogens (tertiary/aromatic N) is 2. The first-order chi connectivity index (χ1) is 10.1. The average molecular weight is 290 g/mol. The molecular formula is C15H18N2O4. The molecule has 0 amide bonds. The Morgan fingerprint density at radius 3 is 2.71 bits per heavy atom. The second-order valence-corrected chi connectivity index (χ2v) is 4.98. The summed E-state index contributed by atoms with van der Waals surface area (Å²) in [6.07, 6.45) is 0.118. The van der Waals surface area contributed by atoms with Crippen LogP contribution in [0, 0.1) is 5.92 Å². The molecule has 6 nitrogen and oxygen atoms in total.